The van der Waals surface area contributed by atoms with Crippen LogP contribution in [0.5, 0.6) is 86.2 Å². The summed E-state index contributed by atoms with van der Waals surface area (Å²) in [5, 5.41) is 137. The minimum absolute atomic E-state index is 0.0517. The Morgan fingerprint density at radius 1 is 0.567 bits per heavy atom. The number of aliphatic carboxylic acids is 1. The van der Waals surface area contributed by atoms with Crippen molar-refractivity contribution in [3.63, 3.8) is 0 Å². The molecule has 0 radical (unpaired) electrons. The van der Waals surface area contributed by atoms with Gasteiger partial charge in [-0.15, -0.1) is 0 Å². The van der Waals surface area contributed by atoms with Crippen LogP contribution in [0.3, 0.4) is 0 Å². The highest BCUT2D eigenvalue weighted by Gasteiger charge is 2.68. The topological polar surface area (TPSA) is 387 Å². The van der Waals surface area contributed by atoms with Crippen LogP contribution in [0.4, 0.5) is 0 Å². The first-order chi connectivity index (χ1) is 31.6. The second kappa shape index (κ2) is 15.3. The van der Waals surface area contributed by atoms with E-state index in [-0.39, 0.29) is 28.2 Å². The number of ether oxygens (including phenoxy) is 6. The van der Waals surface area contributed by atoms with E-state index in [1.54, 1.807) is 0 Å². The van der Waals surface area contributed by atoms with Crippen molar-refractivity contribution >= 4 is 23.9 Å². The zero-order chi connectivity index (χ0) is 48.1. The van der Waals surface area contributed by atoms with Gasteiger partial charge in [-0.1, -0.05) is 0 Å². The SMILES string of the molecule is O=C1C[C@@]2([C@H]3Oc4cc(O)cc(O)c4CC3OC(=O)c3cc(O)c(O)c(O)c3)Oc3c(O)c(O)cc([C@H]4Oc5cc(O)cc(O)c5C[C@H]4OC(=O)c4cc(O)c(O)c(O)c4)c3[C@H]2[C@H](C(=O)O)O1. The lowest BCUT2D eigenvalue weighted by Gasteiger charge is -2.48. The maximum Gasteiger partial charge on any atom is 0.345 e. The van der Waals surface area contributed by atoms with Gasteiger partial charge in [0.1, 0.15) is 46.7 Å². The van der Waals surface area contributed by atoms with Crippen LogP contribution in [0.2, 0.25) is 0 Å². The normalized spacial score (nSPS) is 23.4. The number of rotatable bonds is 7. The molecule has 5 aromatic rings. The molecule has 0 aromatic heterocycles. The van der Waals surface area contributed by atoms with E-state index in [2.05, 4.69) is 0 Å². The highest BCUT2D eigenvalue weighted by molar-refractivity contribution is 5.92. The zero-order valence-electron chi connectivity index (χ0n) is 33.7. The summed E-state index contributed by atoms with van der Waals surface area (Å²) in [6.07, 6.45) is -11.5. The van der Waals surface area contributed by atoms with Crippen LogP contribution in [0.1, 0.15) is 61.4 Å². The Morgan fingerprint density at radius 2 is 1.04 bits per heavy atom. The fraction of sp³-hybridized carbons (Fsp3) is 0.227. The minimum Gasteiger partial charge on any atom is -0.508 e. The van der Waals surface area contributed by atoms with Crippen LogP contribution in [0.25, 0.3) is 0 Å². The Bertz CT molecular complexity index is 2930. The molecule has 348 valence electrons. The number of carbonyl (C=O) groups excluding carboxylic acids is 3. The molecule has 0 spiro atoms. The predicted octanol–water partition coefficient (Wildman–Crippen LogP) is 2.90. The first kappa shape index (κ1) is 43.2. The molecule has 13 N–H and O–H groups in total. The van der Waals surface area contributed by atoms with Gasteiger partial charge in [0.15, 0.2) is 63.8 Å². The van der Waals surface area contributed by atoms with E-state index in [1.807, 2.05) is 0 Å². The fourth-order valence-corrected chi connectivity index (χ4v) is 9.02. The van der Waals surface area contributed by atoms with E-state index in [4.69, 9.17) is 28.4 Å². The Hall–Kier alpha value is -9.02. The number of hydrogen-bond donors (Lipinski definition) is 13. The summed E-state index contributed by atoms with van der Waals surface area (Å²) in [5.74, 6) is -18.8. The average Bonchev–Trinajstić information content (AvgIpc) is 3.61. The molecule has 1 saturated heterocycles. The van der Waals surface area contributed by atoms with Crippen LogP contribution in [-0.4, -0.2) is 120 Å². The van der Waals surface area contributed by atoms with E-state index in [0.29, 0.717) is 0 Å². The van der Waals surface area contributed by atoms with E-state index in [1.165, 1.54) is 0 Å². The van der Waals surface area contributed by atoms with Gasteiger partial charge in [0, 0.05) is 59.4 Å². The lowest BCUT2D eigenvalue weighted by atomic mass is 9.69. The third-order valence-electron chi connectivity index (χ3n) is 11.9. The van der Waals surface area contributed by atoms with Gasteiger partial charge in [-0.3, -0.25) is 4.79 Å². The third-order valence-corrected chi connectivity index (χ3v) is 11.9. The van der Waals surface area contributed by atoms with Crippen LogP contribution in [0.15, 0.2) is 54.6 Å². The number of carbonyl (C=O) groups is 4. The number of phenols is 12. The number of hydrogen-bond acceptors (Lipinski definition) is 22. The van der Waals surface area contributed by atoms with Gasteiger partial charge >= 0.3 is 23.9 Å². The van der Waals surface area contributed by atoms with Crippen LogP contribution in [-0.2, 0) is 36.6 Å². The van der Waals surface area contributed by atoms with Gasteiger partial charge in [0.05, 0.1) is 23.5 Å². The van der Waals surface area contributed by atoms with Gasteiger partial charge < -0.3 is 94.8 Å². The zero-order valence-corrected chi connectivity index (χ0v) is 33.7. The monoisotopic (exact) mass is 930 g/mol. The molecule has 1 fully saturated rings. The lowest BCUT2D eigenvalue weighted by Crippen LogP contribution is -2.65. The average molecular weight is 931 g/mol. The smallest absolute Gasteiger partial charge is 0.345 e. The van der Waals surface area contributed by atoms with Gasteiger partial charge in [0.2, 0.25) is 11.9 Å². The van der Waals surface area contributed by atoms with E-state index >= 15 is 0 Å². The molecule has 7 atom stereocenters. The lowest BCUT2D eigenvalue weighted by molar-refractivity contribution is -0.196. The van der Waals surface area contributed by atoms with Crippen molar-refractivity contribution in [3.8, 4) is 86.2 Å². The van der Waals surface area contributed by atoms with Crippen molar-refractivity contribution < 1.29 is 114 Å². The Kier molecular flexibility index (Phi) is 9.88. The van der Waals surface area contributed by atoms with Crippen molar-refractivity contribution in [2.24, 2.45) is 0 Å². The van der Waals surface area contributed by atoms with Gasteiger partial charge in [-0.25, -0.2) is 14.4 Å². The van der Waals surface area contributed by atoms with Gasteiger partial charge in [0.25, 0.3) is 0 Å². The number of aromatic hydroxyl groups is 12. The third kappa shape index (κ3) is 6.99. The maximum absolute atomic E-state index is 13.8. The molecule has 0 saturated carbocycles. The molecule has 5 aromatic carbocycles. The maximum atomic E-state index is 13.8. The molecular formula is C44H34O23. The number of benzene rings is 5. The first-order valence-corrected chi connectivity index (χ1v) is 19.7. The van der Waals surface area contributed by atoms with Gasteiger partial charge in [-0.05, 0) is 30.3 Å². The number of fused-ring (bicyclic) bond motifs is 5. The summed E-state index contributed by atoms with van der Waals surface area (Å²) >= 11 is 0. The molecule has 4 aliphatic heterocycles. The highest BCUT2D eigenvalue weighted by atomic mass is 16.6. The first-order valence-electron chi connectivity index (χ1n) is 19.7. The molecule has 23 nitrogen and oxygen atoms in total. The number of carboxylic acids is 1. The molecule has 4 aliphatic rings. The van der Waals surface area contributed by atoms with E-state index < -0.39 is 177 Å². The van der Waals surface area contributed by atoms with Crippen molar-refractivity contribution in [3.05, 3.63) is 88.0 Å². The quantitative estimate of drug-likeness (QED) is 0.0634. The molecule has 4 heterocycles. The molecule has 0 amide bonds. The summed E-state index contributed by atoms with van der Waals surface area (Å²) < 4.78 is 36.1. The largest absolute Gasteiger partial charge is 0.508 e. The minimum atomic E-state index is -2.51. The number of phenolic OH excluding ortho intramolecular Hbond substituents is 12. The molecule has 67 heavy (non-hydrogen) atoms. The van der Waals surface area contributed by atoms with Crippen molar-refractivity contribution in [1.82, 2.24) is 0 Å². The summed E-state index contributed by atoms with van der Waals surface area (Å²) in [7, 11) is 0. The standard InChI is InChI=1S/C44H34O23/c45-15-5-20(47)17-10-29(64-42(60)13-1-22(49)34(55)23(50)2-13)37(62-27(17)7-15)19-9-26(53)36(57)38-32(19)33-39(41(58)59)66-31(54)12-44(33,67-38)40-30(11-18-21(48)6-16(46)8-28(18)63-40)65-43(61)14-3-24(51)35(56)25(52)4-14/h1-9,29-30,33,37,39-40,45-53,55-57H,10-12H2,(H,58,59)/t29-,30?,33+,37-,39-,40+,44-/m1/s1. The van der Waals surface area contributed by atoms with Crippen molar-refractivity contribution in [2.45, 2.75) is 61.3 Å². The van der Waals surface area contributed by atoms with Crippen molar-refractivity contribution in [2.75, 3.05) is 0 Å². The highest BCUT2D eigenvalue weighted by Crippen LogP contribution is 2.62. The second-order valence-corrected chi connectivity index (χ2v) is 16.0. The van der Waals surface area contributed by atoms with Crippen LogP contribution in [0, 0.1) is 0 Å². The predicted molar refractivity (Wildman–Crippen MR) is 214 cm³/mol. The van der Waals surface area contributed by atoms with Crippen LogP contribution < -0.4 is 14.2 Å². The molecule has 0 bridgehead atoms. The summed E-state index contributed by atoms with van der Waals surface area (Å²) in [6.45, 7) is 0. The summed E-state index contributed by atoms with van der Waals surface area (Å²) in [4.78, 5) is 54.5. The summed E-state index contributed by atoms with van der Waals surface area (Å²) in [5.41, 5.74) is -4.49. The fourth-order valence-electron chi connectivity index (χ4n) is 9.02. The number of esters is 3. The van der Waals surface area contributed by atoms with Crippen molar-refractivity contribution in [1.29, 1.82) is 0 Å². The second-order valence-electron chi connectivity index (χ2n) is 16.0. The Morgan fingerprint density at radius 3 is 1.57 bits per heavy atom. The van der Waals surface area contributed by atoms with Gasteiger partial charge in [-0.2, -0.15) is 0 Å². The number of carboxylic acid groups (broad SMARTS) is 1. The molecule has 0 aliphatic carbocycles. The molecule has 1 unspecified atom stereocenters. The number of cyclic esters (lactones) is 1. The molecule has 23 heteroatoms. The molecule has 9 rings (SSSR count). The van der Waals surface area contributed by atoms with E-state index in [0.717, 1.165) is 54.6 Å². The molecular weight excluding hydrogens is 896 g/mol. The van der Waals surface area contributed by atoms with Crippen LogP contribution >= 0.6 is 0 Å². The summed E-state index contributed by atoms with van der Waals surface area (Å²) in [6, 6.07) is 7.77. The van der Waals surface area contributed by atoms with E-state index in [9.17, 15) is 85.6 Å². The Labute approximate surface area is 372 Å². The Balaban J connectivity index is 1.23.